The first-order valence-electron chi connectivity index (χ1n) is 2.79. The third kappa shape index (κ3) is 1.75. The van der Waals surface area contributed by atoms with Crippen molar-refractivity contribution in [1.82, 2.24) is 0 Å². The van der Waals surface area contributed by atoms with Crippen LogP contribution in [0.3, 0.4) is 0 Å². The molecule has 9 heavy (non-hydrogen) atoms. The van der Waals surface area contributed by atoms with Gasteiger partial charge in [0.1, 0.15) is 6.61 Å². The zero-order chi connectivity index (χ0) is 6.91. The smallest absolute Gasteiger partial charge is 0.289 e. The third-order valence-electron chi connectivity index (χ3n) is 1.15. The molecule has 1 heterocycles. The minimum atomic E-state index is -2.74. The molecule has 52 valence electrons. The summed E-state index contributed by atoms with van der Waals surface area (Å²) in [4.78, 5) is 0. The highest BCUT2D eigenvalue weighted by Gasteiger charge is 2.29. The van der Waals surface area contributed by atoms with Gasteiger partial charge in [-0.3, -0.25) is 0 Å². The van der Waals surface area contributed by atoms with Crippen LogP contribution >= 0.6 is 0 Å². The molecule has 1 aliphatic rings. The van der Waals surface area contributed by atoms with Gasteiger partial charge in [-0.1, -0.05) is 6.08 Å². The Bertz CT molecular complexity index is 131. The fourth-order valence-corrected chi connectivity index (χ4v) is 0.623. The van der Waals surface area contributed by atoms with E-state index < -0.39 is 12.5 Å². The van der Waals surface area contributed by atoms with Crippen molar-refractivity contribution in [3.8, 4) is 0 Å². The van der Waals surface area contributed by atoms with Crippen molar-refractivity contribution in [3.05, 3.63) is 12.2 Å². The summed E-state index contributed by atoms with van der Waals surface area (Å²) >= 11 is 0. The molecular formula is C6H8F2O. The second-order valence-corrected chi connectivity index (χ2v) is 2.14. The lowest BCUT2D eigenvalue weighted by molar-refractivity contribution is -0.0658. The van der Waals surface area contributed by atoms with Crippen molar-refractivity contribution in [2.24, 2.45) is 0 Å². The molecule has 0 amide bonds. The molecule has 0 saturated heterocycles. The van der Waals surface area contributed by atoms with E-state index in [0.29, 0.717) is 0 Å². The fraction of sp³-hybridized carbons (Fsp3) is 0.667. The molecule has 3 heteroatoms. The molecule has 0 saturated carbocycles. The Morgan fingerprint density at radius 2 is 2.33 bits per heavy atom. The molecule has 1 aliphatic heterocycles. The van der Waals surface area contributed by atoms with E-state index in [-0.39, 0.29) is 6.10 Å². The minimum absolute atomic E-state index is 0.162. The standard InChI is InChI=1S/C6H8F2O/c1-5-2-3-6(7,8)4-9-5/h2-3,5H,4H2,1H3/t5-/m0/s1. The number of hydrogen-bond donors (Lipinski definition) is 0. The van der Waals surface area contributed by atoms with Crippen molar-refractivity contribution >= 4 is 0 Å². The summed E-state index contributed by atoms with van der Waals surface area (Å²) in [5, 5.41) is 0. The van der Waals surface area contributed by atoms with E-state index in [1.54, 1.807) is 6.92 Å². The molecule has 1 atom stereocenters. The lowest BCUT2D eigenvalue weighted by Gasteiger charge is -2.20. The van der Waals surface area contributed by atoms with E-state index in [2.05, 4.69) is 4.74 Å². The van der Waals surface area contributed by atoms with Crippen LogP contribution < -0.4 is 0 Å². The Morgan fingerprint density at radius 1 is 1.67 bits per heavy atom. The molecule has 0 fully saturated rings. The van der Waals surface area contributed by atoms with E-state index >= 15 is 0 Å². The van der Waals surface area contributed by atoms with E-state index in [0.717, 1.165) is 6.08 Å². The van der Waals surface area contributed by atoms with Gasteiger partial charge >= 0.3 is 0 Å². The second kappa shape index (κ2) is 2.06. The summed E-state index contributed by atoms with van der Waals surface area (Å²) in [5.41, 5.74) is 0. The largest absolute Gasteiger partial charge is 0.368 e. The third-order valence-corrected chi connectivity index (χ3v) is 1.15. The van der Waals surface area contributed by atoms with Gasteiger partial charge in [0, 0.05) is 0 Å². The first-order valence-corrected chi connectivity index (χ1v) is 2.79. The van der Waals surface area contributed by atoms with Crippen LogP contribution in [-0.2, 0) is 4.74 Å². The summed E-state index contributed by atoms with van der Waals surface area (Å²) in [6, 6.07) is 0. The van der Waals surface area contributed by atoms with Crippen molar-refractivity contribution in [3.63, 3.8) is 0 Å². The van der Waals surface area contributed by atoms with Crippen molar-refractivity contribution < 1.29 is 13.5 Å². The summed E-state index contributed by atoms with van der Waals surface area (Å²) in [6.07, 6.45) is 2.09. The number of ether oxygens (including phenoxy) is 1. The van der Waals surface area contributed by atoms with Gasteiger partial charge in [0.25, 0.3) is 5.92 Å². The maximum atomic E-state index is 12.2. The van der Waals surface area contributed by atoms with Gasteiger partial charge in [0.15, 0.2) is 0 Å². The number of halogens is 2. The normalized spacial score (nSPS) is 32.6. The predicted molar refractivity (Wildman–Crippen MR) is 29.5 cm³/mol. The fourth-order valence-electron chi connectivity index (χ4n) is 0.623. The Hall–Kier alpha value is -0.440. The molecule has 1 nitrogen and oxygen atoms in total. The van der Waals surface area contributed by atoms with E-state index in [1.165, 1.54) is 6.08 Å². The summed E-state index contributed by atoms with van der Waals surface area (Å²) < 4.78 is 29.0. The molecule has 1 rings (SSSR count). The van der Waals surface area contributed by atoms with Gasteiger partial charge in [-0.05, 0) is 13.0 Å². The van der Waals surface area contributed by atoms with Crippen LogP contribution in [0.4, 0.5) is 8.78 Å². The van der Waals surface area contributed by atoms with Crippen LogP contribution in [0.15, 0.2) is 12.2 Å². The quantitative estimate of drug-likeness (QED) is 0.457. The molecule has 0 aromatic heterocycles. The van der Waals surface area contributed by atoms with Crippen LogP contribution in [0.2, 0.25) is 0 Å². The highest BCUT2D eigenvalue weighted by Crippen LogP contribution is 2.20. The topological polar surface area (TPSA) is 9.23 Å². The second-order valence-electron chi connectivity index (χ2n) is 2.14. The Morgan fingerprint density at radius 3 is 2.67 bits per heavy atom. The predicted octanol–water partition coefficient (Wildman–Crippen LogP) is 1.60. The Kier molecular flexibility index (Phi) is 1.53. The number of rotatable bonds is 0. The average molecular weight is 134 g/mol. The van der Waals surface area contributed by atoms with Gasteiger partial charge in [-0.15, -0.1) is 0 Å². The molecule has 0 radical (unpaired) electrons. The lowest BCUT2D eigenvalue weighted by atomic mass is 10.2. The monoisotopic (exact) mass is 134 g/mol. The maximum Gasteiger partial charge on any atom is 0.289 e. The van der Waals surface area contributed by atoms with Crippen molar-refractivity contribution in [1.29, 1.82) is 0 Å². The molecule has 0 aromatic carbocycles. The van der Waals surface area contributed by atoms with Crippen LogP contribution in [-0.4, -0.2) is 18.6 Å². The lowest BCUT2D eigenvalue weighted by Crippen LogP contribution is -2.28. The summed E-state index contributed by atoms with van der Waals surface area (Å²) in [5.74, 6) is -2.74. The Balaban J connectivity index is 2.58. The molecule has 0 unspecified atom stereocenters. The van der Waals surface area contributed by atoms with E-state index in [4.69, 9.17) is 0 Å². The summed E-state index contributed by atoms with van der Waals surface area (Å²) in [6.45, 7) is 1.25. The van der Waals surface area contributed by atoms with Gasteiger partial charge in [0.05, 0.1) is 6.10 Å². The average Bonchev–Trinajstić information content (AvgIpc) is 1.78. The van der Waals surface area contributed by atoms with Crippen LogP contribution in [0, 0.1) is 0 Å². The molecule has 0 spiro atoms. The SMILES string of the molecule is C[C@H]1C=CC(F)(F)CO1. The van der Waals surface area contributed by atoms with Crippen molar-refractivity contribution in [2.45, 2.75) is 19.0 Å². The zero-order valence-electron chi connectivity index (χ0n) is 5.10. The summed E-state index contributed by atoms with van der Waals surface area (Å²) in [7, 11) is 0. The number of hydrogen-bond acceptors (Lipinski definition) is 1. The molecule has 0 bridgehead atoms. The van der Waals surface area contributed by atoms with Gasteiger partial charge in [-0.25, -0.2) is 0 Å². The first kappa shape index (κ1) is 6.68. The highest BCUT2D eigenvalue weighted by atomic mass is 19.3. The molecule has 0 N–H and O–H groups in total. The number of alkyl halides is 2. The maximum absolute atomic E-state index is 12.2. The van der Waals surface area contributed by atoms with Crippen LogP contribution in [0.5, 0.6) is 0 Å². The molecular weight excluding hydrogens is 126 g/mol. The zero-order valence-corrected chi connectivity index (χ0v) is 5.10. The minimum Gasteiger partial charge on any atom is -0.368 e. The Labute approximate surface area is 52.3 Å². The van der Waals surface area contributed by atoms with Crippen LogP contribution in [0.25, 0.3) is 0 Å². The highest BCUT2D eigenvalue weighted by molar-refractivity contribution is 5.01. The van der Waals surface area contributed by atoms with E-state index in [9.17, 15) is 8.78 Å². The molecule has 0 aliphatic carbocycles. The van der Waals surface area contributed by atoms with Gasteiger partial charge in [0.2, 0.25) is 0 Å². The molecule has 0 aromatic rings. The van der Waals surface area contributed by atoms with Crippen LogP contribution in [0.1, 0.15) is 6.92 Å². The van der Waals surface area contributed by atoms with Gasteiger partial charge in [-0.2, -0.15) is 8.78 Å². The van der Waals surface area contributed by atoms with E-state index in [1.807, 2.05) is 0 Å². The van der Waals surface area contributed by atoms with Gasteiger partial charge < -0.3 is 4.74 Å². The first-order chi connectivity index (χ1) is 4.10. The van der Waals surface area contributed by atoms with Crippen molar-refractivity contribution in [2.75, 3.05) is 6.61 Å².